The SMILES string of the molecule is CCC/C(N)=N/n1cccc1C(=O)OCC. The van der Waals surface area contributed by atoms with Crippen LogP contribution < -0.4 is 5.73 Å². The number of ether oxygens (including phenoxy) is 1. The summed E-state index contributed by atoms with van der Waals surface area (Å²) < 4.78 is 6.35. The average molecular weight is 223 g/mol. The van der Waals surface area contributed by atoms with Gasteiger partial charge in [0.05, 0.1) is 6.61 Å². The van der Waals surface area contributed by atoms with E-state index in [1.807, 2.05) is 6.92 Å². The van der Waals surface area contributed by atoms with Crippen molar-refractivity contribution in [3.63, 3.8) is 0 Å². The minimum absolute atomic E-state index is 0.345. The molecule has 5 nitrogen and oxygen atoms in total. The van der Waals surface area contributed by atoms with Crippen LogP contribution in [-0.4, -0.2) is 23.1 Å². The molecule has 0 unspecified atom stereocenters. The van der Waals surface area contributed by atoms with Gasteiger partial charge in [0.2, 0.25) is 0 Å². The summed E-state index contributed by atoms with van der Waals surface area (Å²) in [5, 5.41) is 4.12. The Bertz CT molecular complexity index is 382. The zero-order valence-corrected chi connectivity index (χ0v) is 9.64. The number of hydrogen-bond donors (Lipinski definition) is 1. The van der Waals surface area contributed by atoms with Gasteiger partial charge in [-0.3, -0.25) is 0 Å². The maximum atomic E-state index is 11.5. The summed E-state index contributed by atoms with van der Waals surface area (Å²) in [5.74, 6) is 0.116. The standard InChI is InChI=1S/C11H17N3O2/c1-3-6-10(12)13-14-8-5-7-9(14)11(15)16-4-2/h5,7-8H,3-4,6H2,1-2H3,(H2,12,13). The van der Waals surface area contributed by atoms with Crippen LogP contribution in [0.15, 0.2) is 23.4 Å². The van der Waals surface area contributed by atoms with Crippen molar-refractivity contribution in [1.29, 1.82) is 0 Å². The summed E-state index contributed by atoms with van der Waals surface area (Å²) in [5.41, 5.74) is 6.09. The molecule has 1 aromatic rings. The van der Waals surface area contributed by atoms with E-state index in [0.29, 0.717) is 24.6 Å². The van der Waals surface area contributed by atoms with Crippen LogP contribution in [0.5, 0.6) is 0 Å². The lowest BCUT2D eigenvalue weighted by molar-refractivity contribution is 0.0515. The number of hydrogen-bond acceptors (Lipinski definition) is 3. The van der Waals surface area contributed by atoms with E-state index in [1.165, 1.54) is 4.68 Å². The third-order valence-electron chi connectivity index (χ3n) is 1.96. The van der Waals surface area contributed by atoms with Crippen molar-refractivity contribution in [3.8, 4) is 0 Å². The lowest BCUT2D eigenvalue weighted by Crippen LogP contribution is -2.15. The average Bonchev–Trinajstić information content (AvgIpc) is 2.66. The largest absolute Gasteiger partial charge is 0.461 e. The van der Waals surface area contributed by atoms with E-state index in [-0.39, 0.29) is 5.97 Å². The summed E-state index contributed by atoms with van der Waals surface area (Å²) in [7, 11) is 0. The van der Waals surface area contributed by atoms with Crippen LogP contribution in [0.25, 0.3) is 0 Å². The highest BCUT2D eigenvalue weighted by Crippen LogP contribution is 2.04. The topological polar surface area (TPSA) is 69.6 Å². The molecule has 0 radical (unpaired) electrons. The van der Waals surface area contributed by atoms with Gasteiger partial charge >= 0.3 is 5.97 Å². The van der Waals surface area contributed by atoms with Gasteiger partial charge in [-0.25, -0.2) is 9.47 Å². The predicted molar refractivity (Wildman–Crippen MR) is 62.3 cm³/mol. The minimum atomic E-state index is -0.388. The molecule has 5 heteroatoms. The molecule has 16 heavy (non-hydrogen) atoms. The molecule has 88 valence electrons. The normalized spacial score (nSPS) is 11.5. The van der Waals surface area contributed by atoms with Crippen molar-refractivity contribution in [1.82, 2.24) is 4.68 Å². The van der Waals surface area contributed by atoms with Crippen molar-refractivity contribution in [2.45, 2.75) is 26.7 Å². The number of carbonyl (C=O) groups excluding carboxylic acids is 1. The molecule has 0 atom stereocenters. The van der Waals surface area contributed by atoms with E-state index >= 15 is 0 Å². The van der Waals surface area contributed by atoms with Gasteiger partial charge in [-0.1, -0.05) is 6.92 Å². The second-order valence-corrected chi connectivity index (χ2v) is 3.30. The molecule has 0 spiro atoms. The van der Waals surface area contributed by atoms with E-state index in [9.17, 15) is 4.79 Å². The number of carbonyl (C=O) groups is 1. The first-order chi connectivity index (χ1) is 7.69. The van der Waals surface area contributed by atoms with Crippen LogP contribution in [0, 0.1) is 0 Å². The Hall–Kier alpha value is -1.78. The van der Waals surface area contributed by atoms with Gasteiger partial charge in [0.15, 0.2) is 0 Å². The molecule has 1 aromatic heterocycles. The van der Waals surface area contributed by atoms with Crippen molar-refractivity contribution in [2.75, 3.05) is 6.61 Å². The van der Waals surface area contributed by atoms with E-state index in [0.717, 1.165) is 6.42 Å². The van der Waals surface area contributed by atoms with E-state index in [1.54, 1.807) is 25.3 Å². The molecule has 0 fully saturated rings. The Morgan fingerprint density at radius 3 is 2.94 bits per heavy atom. The summed E-state index contributed by atoms with van der Waals surface area (Å²) in [6.45, 7) is 4.13. The van der Waals surface area contributed by atoms with Crippen LogP contribution in [0.3, 0.4) is 0 Å². The van der Waals surface area contributed by atoms with Crippen molar-refractivity contribution < 1.29 is 9.53 Å². The molecule has 1 rings (SSSR count). The van der Waals surface area contributed by atoms with Crippen LogP contribution >= 0.6 is 0 Å². The first-order valence-corrected chi connectivity index (χ1v) is 5.36. The number of aromatic nitrogens is 1. The molecular formula is C11H17N3O2. The monoisotopic (exact) mass is 223 g/mol. The number of nitrogens with zero attached hydrogens (tertiary/aromatic N) is 2. The van der Waals surface area contributed by atoms with Gasteiger partial charge in [-0.05, 0) is 25.5 Å². The lowest BCUT2D eigenvalue weighted by atomic mass is 10.3. The molecule has 0 aliphatic carbocycles. The quantitative estimate of drug-likeness (QED) is 0.468. The highest BCUT2D eigenvalue weighted by atomic mass is 16.5. The van der Waals surface area contributed by atoms with Crippen molar-refractivity contribution in [2.24, 2.45) is 10.8 Å². The first-order valence-electron chi connectivity index (χ1n) is 5.36. The Morgan fingerprint density at radius 2 is 2.31 bits per heavy atom. The molecular weight excluding hydrogens is 206 g/mol. The van der Waals surface area contributed by atoms with E-state index in [4.69, 9.17) is 10.5 Å². The molecule has 0 amide bonds. The molecule has 0 saturated carbocycles. The van der Waals surface area contributed by atoms with Gasteiger partial charge in [0.1, 0.15) is 11.5 Å². The molecule has 0 aliphatic rings. The van der Waals surface area contributed by atoms with E-state index in [2.05, 4.69) is 5.10 Å². The zero-order chi connectivity index (χ0) is 12.0. The van der Waals surface area contributed by atoms with Gasteiger partial charge in [0.25, 0.3) is 0 Å². The highest BCUT2D eigenvalue weighted by molar-refractivity contribution is 5.88. The fourth-order valence-corrected chi connectivity index (χ4v) is 1.27. The van der Waals surface area contributed by atoms with Gasteiger partial charge in [0, 0.05) is 12.6 Å². The minimum Gasteiger partial charge on any atom is -0.461 e. The Labute approximate surface area is 94.9 Å². The highest BCUT2D eigenvalue weighted by Gasteiger charge is 2.11. The van der Waals surface area contributed by atoms with Crippen molar-refractivity contribution >= 4 is 11.8 Å². The Morgan fingerprint density at radius 1 is 1.56 bits per heavy atom. The number of esters is 1. The smallest absolute Gasteiger partial charge is 0.356 e. The summed E-state index contributed by atoms with van der Waals surface area (Å²) in [6, 6.07) is 3.38. The first kappa shape index (κ1) is 12.3. The molecule has 0 saturated heterocycles. The molecule has 1 heterocycles. The third-order valence-corrected chi connectivity index (χ3v) is 1.96. The van der Waals surface area contributed by atoms with Crippen LogP contribution in [0.1, 0.15) is 37.2 Å². The maximum Gasteiger partial charge on any atom is 0.356 e. The van der Waals surface area contributed by atoms with Crippen molar-refractivity contribution in [3.05, 3.63) is 24.0 Å². The second-order valence-electron chi connectivity index (χ2n) is 3.30. The molecule has 0 bridgehead atoms. The molecule has 2 N–H and O–H groups in total. The molecule has 0 aromatic carbocycles. The second kappa shape index (κ2) is 5.95. The summed E-state index contributed by atoms with van der Waals surface area (Å²) in [6.07, 6.45) is 3.31. The number of amidine groups is 1. The molecule has 0 aliphatic heterocycles. The van der Waals surface area contributed by atoms with Gasteiger partial charge in [-0.15, -0.1) is 0 Å². The van der Waals surface area contributed by atoms with Crippen LogP contribution in [0.2, 0.25) is 0 Å². The van der Waals surface area contributed by atoms with Crippen LogP contribution in [0.4, 0.5) is 0 Å². The van der Waals surface area contributed by atoms with Gasteiger partial charge < -0.3 is 10.5 Å². The number of nitrogens with two attached hydrogens (primary N) is 1. The van der Waals surface area contributed by atoms with Crippen LogP contribution in [-0.2, 0) is 4.74 Å². The fourth-order valence-electron chi connectivity index (χ4n) is 1.27. The van der Waals surface area contributed by atoms with E-state index < -0.39 is 0 Å². The Balaban J connectivity index is 2.86. The lowest BCUT2D eigenvalue weighted by Gasteiger charge is -2.04. The fraction of sp³-hybridized carbons (Fsp3) is 0.455. The Kier molecular flexibility index (Phi) is 4.57. The zero-order valence-electron chi connectivity index (χ0n) is 9.64. The number of rotatable bonds is 5. The predicted octanol–water partition coefficient (Wildman–Crippen LogP) is 1.59. The summed E-state index contributed by atoms with van der Waals surface area (Å²) in [4.78, 5) is 11.5. The van der Waals surface area contributed by atoms with Gasteiger partial charge in [-0.2, -0.15) is 5.10 Å². The third kappa shape index (κ3) is 3.12. The summed E-state index contributed by atoms with van der Waals surface area (Å²) >= 11 is 0. The maximum absolute atomic E-state index is 11.5.